The molecule has 1 aromatic rings. The van der Waals surface area contributed by atoms with Gasteiger partial charge < -0.3 is 5.11 Å². The maximum absolute atomic E-state index is 8.63. The molecule has 0 saturated carbocycles. The number of hydrogen-bond acceptors (Lipinski definition) is 1. The molecule has 0 amide bonds. The summed E-state index contributed by atoms with van der Waals surface area (Å²) in [7, 11) is 0. The molecular formula is C6H6Cl5OP. The van der Waals surface area contributed by atoms with Crippen molar-refractivity contribution >= 4 is 59.6 Å². The Labute approximate surface area is 100 Å². The number of phenols is 1. The molecule has 76 valence electrons. The van der Waals surface area contributed by atoms with Gasteiger partial charge in [0.25, 0.3) is 0 Å². The zero-order valence-corrected chi connectivity index (χ0v) is 10.8. The quantitative estimate of drug-likeness (QED) is 0.609. The maximum atomic E-state index is 8.63. The number of hydrogen-bond donors (Lipinski definition) is 1. The molecule has 1 nitrogen and oxygen atoms in total. The standard InChI is InChI=1S/C6H6O.Cl5P/c7-6-4-2-1-3-5-6;1-6(2,3,4)5/h1-5,7H;. The zero-order chi connectivity index (χ0) is 10.6. The Morgan fingerprint density at radius 3 is 1.31 bits per heavy atom. The van der Waals surface area contributed by atoms with Gasteiger partial charge in [0.2, 0.25) is 0 Å². The second kappa shape index (κ2) is 5.11. The number of aromatic hydroxyl groups is 1. The predicted octanol–water partition coefficient (Wildman–Crippen LogP) is 5.70. The topological polar surface area (TPSA) is 20.2 Å². The van der Waals surface area contributed by atoms with Gasteiger partial charge in [-0.1, -0.05) is 18.2 Å². The van der Waals surface area contributed by atoms with E-state index in [0.717, 1.165) is 0 Å². The van der Waals surface area contributed by atoms with Crippen molar-refractivity contribution in [1.82, 2.24) is 0 Å². The summed E-state index contributed by atoms with van der Waals surface area (Å²) in [6, 6.07) is 8.71. The molecular weight excluding hydrogens is 296 g/mol. The first-order valence-electron chi connectivity index (χ1n) is 2.98. The fraction of sp³-hybridized carbons (Fsp3) is 0. The molecule has 0 unspecified atom stereocenters. The molecule has 1 N–H and O–H groups in total. The minimum absolute atomic E-state index is 0.322. The number of benzene rings is 1. The molecule has 0 bridgehead atoms. The van der Waals surface area contributed by atoms with Gasteiger partial charge in [-0.2, -0.15) is 0 Å². The molecule has 0 saturated heterocycles. The fourth-order valence-electron chi connectivity index (χ4n) is 0.428. The Kier molecular flexibility index (Phi) is 5.47. The average Bonchev–Trinajstić information content (AvgIpc) is 1.83. The minimum atomic E-state index is -3.69. The molecule has 13 heavy (non-hydrogen) atoms. The molecule has 0 aliphatic rings. The summed E-state index contributed by atoms with van der Waals surface area (Å²) < 4.78 is -3.69. The molecule has 0 spiro atoms. The smallest absolute Gasteiger partial charge is 0.115 e. The van der Waals surface area contributed by atoms with Gasteiger partial charge in [-0.05, 0) is 12.1 Å². The van der Waals surface area contributed by atoms with Crippen LogP contribution in [-0.2, 0) is 0 Å². The largest absolute Gasteiger partial charge is 0.508 e. The van der Waals surface area contributed by atoms with Gasteiger partial charge >= 0.3 is 59.6 Å². The molecule has 7 heteroatoms. The summed E-state index contributed by atoms with van der Waals surface area (Å²) >= 11 is 24.9. The van der Waals surface area contributed by atoms with E-state index in [-0.39, 0.29) is 0 Å². The van der Waals surface area contributed by atoms with Crippen LogP contribution in [0.1, 0.15) is 0 Å². The minimum Gasteiger partial charge on any atom is -0.508 e. The van der Waals surface area contributed by atoms with Crippen LogP contribution in [0.15, 0.2) is 30.3 Å². The summed E-state index contributed by atoms with van der Waals surface area (Å²) in [4.78, 5) is 0. The van der Waals surface area contributed by atoms with Crippen molar-refractivity contribution in [2.24, 2.45) is 0 Å². The summed E-state index contributed by atoms with van der Waals surface area (Å²) in [5, 5.41) is 8.63. The first-order valence-corrected chi connectivity index (χ1v) is 9.74. The molecule has 0 aliphatic heterocycles. The molecule has 0 heterocycles. The van der Waals surface area contributed by atoms with E-state index in [1.165, 1.54) is 0 Å². The average molecular weight is 302 g/mol. The molecule has 1 aromatic carbocycles. The van der Waals surface area contributed by atoms with Crippen LogP contribution < -0.4 is 0 Å². The predicted molar refractivity (Wildman–Crippen MR) is 64.3 cm³/mol. The Hall–Kier alpha value is 0.900. The number of para-hydroxylation sites is 1. The van der Waals surface area contributed by atoms with Gasteiger partial charge in [-0.15, -0.1) is 0 Å². The van der Waals surface area contributed by atoms with Crippen LogP contribution >= 0.6 is 59.6 Å². The van der Waals surface area contributed by atoms with Crippen molar-refractivity contribution in [2.75, 3.05) is 0 Å². The van der Waals surface area contributed by atoms with Crippen LogP contribution in [0.4, 0.5) is 0 Å². The Bertz CT molecular complexity index is 238. The van der Waals surface area contributed by atoms with Crippen molar-refractivity contribution in [3.63, 3.8) is 0 Å². The van der Waals surface area contributed by atoms with E-state index in [1.54, 1.807) is 24.3 Å². The van der Waals surface area contributed by atoms with Gasteiger partial charge in [0.1, 0.15) is 5.75 Å². The van der Waals surface area contributed by atoms with Gasteiger partial charge in [0.15, 0.2) is 0 Å². The SMILES string of the molecule is ClP(Cl)(Cl)(Cl)Cl.Oc1ccccc1. The third-order valence-electron chi connectivity index (χ3n) is 0.756. The third-order valence-corrected chi connectivity index (χ3v) is 0.756. The van der Waals surface area contributed by atoms with E-state index >= 15 is 0 Å². The van der Waals surface area contributed by atoms with Crippen molar-refractivity contribution in [3.05, 3.63) is 30.3 Å². The van der Waals surface area contributed by atoms with Crippen molar-refractivity contribution < 1.29 is 5.11 Å². The Balaban J connectivity index is 0.000000226. The summed E-state index contributed by atoms with van der Waals surface area (Å²) in [5.41, 5.74) is 0. The molecule has 0 atom stereocenters. The van der Waals surface area contributed by atoms with Crippen LogP contribution in [0.2, 0.25) is 0 Å². The first-order chi connectivity index (χ1) is 5.63. The van der Waals surface area contributed by atoms with Crippen molar-refractivity contribution in [3.8, 4) is 5.75 Å². The van der Waals surface area contributed by atoms with Crippen LogP contribution in [-0.4, -0.2) is 5.11 Å². The van der Waals surface area contributed by atoms with Crippen LogP contribution in [0.3, 0.4) is 0 Å². The zero-order valence-electron chi connectivity index (χ0n) is 6.17. The first kappa shape index (κ1) is 13.9. The van der Waals surface area contributed by atoms with Crippen molar-refractivity contribution in [1.29, 1.82) is 0 Å². The maximum Gasteiger partial charge on any atom is 0.115 e. The monoisotopic (exact) mass is 300 g/mol. The number of phenolic OH excluding ortho intramolecular Hbond substituents is 1. The number of halogens is 5. The molecule has 0 fully saturated rings. The van der Waals surface area contributed by atoms with Gasteiger partial charge in [0.05, 0.1) is 0 Å². The van der Waals surface area contributed by atoms with Gasteiger partial charge in [-0.3, -0.25) is 0 Å². The van der Waals surface area contributed by atoms with Crippen LogP contribution in [0, 0.1) is 0 Å². The molecule has 0 radical (unpaired) electrons. The van der Waals surface area contributed by atoms with E-state index in [9.17, 15) is 0 Å². The normalized spacial score (nSPS) is 13.5. The number of rotatable bonds is 0. The van der Waals surface area contributed by atoms with E-state index in [0.29, 0.717) is 5.75 Å². The van der Waals surface area contributed by atoms with E-state index in [2.05, 4.69) is 0 Å². The van der Waals surface area contributed by atoms with Gasteiger partial charge in [-0.25, -0.2) is 0 Å². The second-order valence-electron chi connectivity index (χ2n) is 1.97. The summed E-state index contributed by atoms with van der Waals surface area (Å²) in [6.45, 7) is 0. The van der Waals surface area contributed by atoms with Crippen LogP contribution in [0.5, 0.6) is 5.75 Å². The van der Waals surface area contributed by atoms with Crippen molar-refractivity contribution in [2.45, 2.75) is 0 Å². The second-order valence-corrected chi connectivity index (χ2v) is 18.6. The fourth-order valence-corrected chi connectivity index (χ4v) is 0.428. The summed E-state index contributed by atoms with van der Waals surface area (Å²) in [5.74, 6) is 0.322. The Morgan fingerprint density at radius 2 is 1.15 bits per heavy atom. The third kappa shape index (κ3) is 19.3. The Morgan fingerprint density at radius 1 is 0.846 bits per heavy atom. The van der Waals surface area contributed by atoms with E-state index < -0.39 is 3.37 Å². The molecule has 0 aromatic heterocycles. The van der Waals surface area contributed by atoms with E-state index in [4.69, 9.17) is 61.3 Å². The molecule has 0 aliphatic carbocycles. The van der Waals surface area contributed by atoms with Crippen LogP contribution in [0.25, 0.3) is 0 Å². The molecule has 1 rings (SSSR count). The summed E-state index contributed by atoms with van der Waals surface area (Å²) in [6.07, 6.45) is 0. The van der Waals surface area contributed by atoms with E-state index in [1.807, 2.05) is 6.07 Å². The van der Waals surface area contributed by atoms with Gasteiger partial charge in [0, 0.05) is 0 Å².